The van der Waals surface area contributed by atoms with Crippen LogP contribution in [0, 0.1) is 11.3 Å². The Morgan fingerprint density at radius 2 is 1.77 bits per heavy atom. The van der Waals surface area contributed by atoms with Crippen molar-refractivity contribution in [1.82, 2.24) is 4.90 Å². The zero-order valence-corrected chi connectivity index (χ0v) is 16.9. The van der Waals surface area contributed by atoms with Crippen LogP contribution in [0.4, 0.5) is 0 Å². The van der Waals surface area contributed by atoms with Crippen molar-refractivity contribution in [2.75, 3.05) is 13.1 Å². The van der Waals surface area contributed by atoms with Gasteiger partial charge >= 0.3 is 11.9 Å². The molecule has 0 bridgehead atoms. The summed E-state index contributed by atoms with van der Waals surface area (Å²) < 4.78 is 5.86. The van der Waals surface area contributed by atoms with Crippen LogP contribution in [0.2, 0.25) is 5.02 Å². The smallest absolute Gasteiger partial charge is 0.328 e. The van der Waals surface area contributed by atoms with E-state index in [2.05, 4.69) is 17.0 Å². The van der Waals surface area contributed by atoms with E-state index in [-0.39, 0.29) is 0 Å². The second kappa shape index (κ2) is 11.6. The lowest BCUT2D eigenvalue weighted by molar-refractivity contribution is -0.134. The lowest BCUT2D eigenvalue weighted by atomic mass is 10.2. The summed E-state index contributed by atoms with van der Waals surface area (Å²) in [5.74, 6) is -1.29. The summed E-state index contributed by atoms with van der Waals surface area (Å²) in [5, 5.41) is 25.3. The molecule has 1 fully saturated rings. The minimum atomic E-state index is -1.26. The largest absolute Gasteiger partial charge is 0.478 e. The molecule has 0 spiro atoms. The molecule has 30 heavy (non-hydrogen) atoms. The molecule has 1 heterocycles. The Balaban J connectivity index is 0.000000343. The number of nitrogens with zero attached hydrogens (tertiary/aromatic N) is 2. The van der Waals surface area contributed by atoms with Gasteiger partial charge in [0.25, 0.3) is 0 Å². The van der Waals surface area contributed by atoms with E-state index in [0.29, 0.717) is 28.5 Å². The zero-order valence-electron chi connectivity index (χ0n) is 16.1. The summed E-state index contributed by atoms with van der Waals surface area (Å²) in [6, 6.07) is 15.2. The van der Waals surface area contributed by atoms with Crippen LogP contribution in [-0.4, -0.2) is 40.1 Å². The summed E-state index contributed by atoms with van der Waals surface area (Å²) in [5.41, 5.74) is 1.70. The third-order valence-electron chi connectivity index (χ3n) is 4.16. The van der Waals surface area contributed by atoms with Crippen LogP contribution in [0.1, 0.15) is 24.0 Å². The van der Waals surface area contributed by atoms with Gasteiger partial charge in [0.1, 0.15) is 17.6 Å². The highest BCUT2D eigenvalue weighted by atomic mass is 35.5. The number of rotatable bonds is 6. The van der Waals surface area contributed by atoms with E-state index in [9.17, 15) is 9.59 Å². The molecular formula is C22H21ClN2O5. The van der Waals surface area contributed by atoms with Crippen LogP contribution < -0.4 is 4.74 Å². The molecule has 2 aromatic rings. The van der Waals surface area contributed by atoms with Gasteiger partial charge in [0, 0.05) is 29.8 Å². The standard InChI is InChI=1S/C18H17ClN2O.C4H4O4/c19-16-7-6-15(12-20)18(11-16)22-17-5-3-4-14(10-17)13-21-8-1-2-9-21;5-3(6)1-2-4(7)8/h3-7,10-11H,1-2,8-9,13H2;1-2H,(H,5,6)(H,7,8)/b;2-1+. The summed E-state index contributed by atoms with van der Waals surface area (Å²) in [6.07, 6.45) is 3.68. The van der Waals surface area contributed by atoms with Crippen molar-refractivity contribution in [1.29, 1.82) is 5.26 Å². The molecule has 1 aliphatic rings. The molecule has 8 heteroatoms. The first-order valence-electron chi connectivity index (χ1n) is 9.20. The van der Waals surface area contributed by atoms with E-state index < -0.39 is 11.9 Å². The van der Waals surface area contributed by atoms with Crippen LogP contribution in [0.25, 0.3) is 0 Å². The van der Waals surface area contributed by atoms with Crippen molar-refractivity contribution in [2.45, 2.75) is 19.4 Å². The van der Waals surface area contributed by atoms with Crippen LogP contribution in [0.5, 0.6) is 11.5 Å². The number of carboxylic acid groups (broad SMARTS) is 2. The molecular weight excluding hydrogens is 408 g/mol. The number of nitriles is 1. The Morgan fingerprint density at radius 1 is 1.10 bits per heavy atom. The normalized spacial score (nSPS) is 13.3. The van der Waals surface area contributed by atoms with Gasteiger partial charge in [-0.1, -0.05) is 23.7 Å². The minimum absolute atomic E-state index is 0.481. The molecule has 0 aromatic heterocycles. The molecule has 1 aliphatic heterocycles. The quantitative estimate of drug-likeness (QED) is 0.659. The van der Waals surface area contributed by atoms with Gasteiger partial charge < -0.3 is 14.9 Å². The van der Waals surface area contributed by atoms with Gasteiger partial charge in [-0.25, -0.2) is 9.59 Å². The highest BCUT2D eigenvalue weighted by Crippen LogP contribution is 2.29. The maximum atomic E-state index is 9.55. The summed E-state index contributed by atoms with van der Waals surface area (Å²) in [6.45, 7) is 3.27. The second-order valence-corrected chi connectivity index (χ2v) is 6.93. The Morgan fingerprint density at radius 3 is 2.37 bits per heavy atom. The van der Waals surface area contributed by atoms with Crippen molar-refractivity contribution < 1.29 is 24.5 Å². The van der Waals surface area contributed by atoms with Crippen molar-refractivity contribution in [3.63, 3.8) is 0 Å². The third kappa shape index (κ3) is 7.95. The number of carboxylic acids is 2. The minimum Gasteiger partial charge on any atom is -0.478 e. The maximum absolute atomic E-state index is 9.55. The summed E-state index contributed by atoms with van der Waals surface area (Å²) in [7, 11) is 0. The van der Waals surface area contributed by atoms with Crippen molar-refractivity contribution in [3.8, 4) is 17.6 Å². The number of hydrogen-bond acceptors (Lipinski definition) is 5. The van der Waals surface area contributed by atoms with E-state index in [0.717, 1.165) is 25.4 Å². The number of ether oxygens (including phenoxy) is 1. The SMILES string of the molecule is N#Cc1ccc(Cl)cc1Oc1cccc(CN2CCCC2)c1.O=C(O)/C=C/C(=O)O. The van der Waals surface area contributed by atoms with Crippen LogP contribution >= 0.6 is 11.6 Å². The first kappa shape index (κ1) is 22.9. The summed E-state index contributed by atoms with van der Waals surface area (Å²) in [4.78, 5) is 21.6. The molecule has 156 valence electrons. The van der Waals surface area contributed by atoms with Gasteiger partial charge in [-0.05, 0) is 55.8 Å². The van der Waals surface area contributed by atoms with Crippen LogP contribution in [0.3, 0.4) is 0 Å². The van der Waals surface area contributed by atoms with Crippen molar-refractivity contribution in [2.24, 2.45) is 0 Å². The first-order chi connectivity index (χ1) is 14.4. The van der Waals surface area contributed by atoms with Gasteiger partial charge in [-0.15, -0.1) is 0 Å². The zero-order chi connectivity index (χ0) is 21.9. The lowest BCUT2D eigenvalue weighted by Crippen LogP contribution is -2.18. The monoisotopic (exact) mass is 428 g/mol. The summed E-state index contributed by atoms with van der Waals surface area (Å²) >= 11 is 5.99. The van der Waals surface area contributed by atoms with Gasteiger partial charge in [-0.2, -0.15) is 5.26 Å². The van der Waals surface area contributed by atoms with Gasteiger partial charge in [0.05, 0.1) is 5.56 Å². The van der Waals surface area contributed by atoms with E-state index in [4.69, 9.17) is 31.8 Å². The molecule has 0 saturated carbocycles. The van der Waals surface area contributed by atoms with Crippen LogP contribution in [-0.2, 0) is 16.1 Å². The predicted molar refractivity (Wildman–Crippen MR) is 112 cm³/mol. The number of benzene rings is 2. The van der Waals surface area contributed by atoms with E-state index in [1.807, 2.05) is 18.2 Å². The molecule has 2 N–H and O–H groups in total. The molecule has 1 saturated heterocycles. The molecule has 0 atom stereocenters. The average molecular weight is 429 g/mol. The highest BCUT2D eigenvalue weighted by molar-refractivity contribution is 6.30. The fourth-order valence-electron chi connectivity index (χ4n) is 2.85. The molecule has 0 aliphatic carbocycles. The van der Waals surface area contributed by atoms with Crippen LogP contribution in [0.15, 0.2) is 54.6 Å². The van der Waals surface area contributed by atoms with Gasteiger partial charge in [0.15, 0.2) is 0 Å². The number of hydrogen-bond donors (Lipinski definition) is 2. The molecule has 7 nitrogen and oxygen atoms in total. The molecule has 0 amide bonds. The third-order valence-corrected chi connectivity index (χ3v) is 4.40. The Kier molecular flexibility index (Phi) is 8.88. The number of carbonyl (C=O) groups is 2. The van der Waals surface area contributed by atoms with E-state index in [1.54, 1.807) is 18.2 Å². The molecule has 3 rings (SSSR count). The molecule has 0 unspecified atom stereocenters. The van der Waals surface area contributed by atoms with Gasteiger partial charge in [0.2, 0.25) is 0 Å². The predicted octanol–water partition coefficient (Wildman–Crippen LogP) is 4.31. The number of likely N-dealkylation sites (tertiary alicyclic amines) is 1. The number of halogens is 1. The van der Waals surface area contributed by atoms with Crippen molar-refractivity contribution >= 4 is 23.5 Å². The Labute approximate surface area is 179 Å². The molecule has 2 aromatic carbocycles. The fourth-order valence-corrected chi connectivity index (χ4v) is 3.01. The fraction of sp³-hybridized carbons (Fsp3) is 0.227. The Bertz CT molecular complexity index is 946. The first-order valence-corrected chi connectivity index (χ1v) is 9.58. The van der Waals surface area contributed by atoms with E-state index in [1.165, 1.54) is 18.4 Å². The van der Waals surface area contributed by atoms with E-state index >= 15 is 0 Å². The second-order valence-electron chi connectivity index (χ2n) is 6.49. The Hall–Kier alpha value is -3.34. The van der Waals surface area contributed by atoms with Crippen molar-refractivity contribution in [3.05, 3.63) is 70.8 Å². The lowest BCUT2D eigenvalue weighted by Gasteiger charge is -2.15. The average Bonchev–Trinajstić information content (AvgIpc) is 3.20. The highest BCUT2D eigenvalue weighted by Gasteiger charge is 2.12. The molecule has 0 radical (unpaired) electrons. The number of aliphatic carboxylic acids is 2. The maximum Gasteiger partial charge on any atom is 0.328 e. The van der Waals surface area contributed by atoms with Gasteiger partial charge in [-0.3, -0.25) is 4.90 Å². The topological polar surface area (TPSA) is 111 Å².